The molecule has 2 aromatic rings. The molecule has 0 radical (unpaired) electrons. The quantitative estimate of drug-likeness (QED) is 0.893. The molecule has 0 amide bonds. The van der Waals surface area contributed by atoms with Crippen LogP contribution in [0.15, 0.2) is 36.4 Å². The van der Waals surface area contributed by atoms with Gasteiger partial charge >= 0.3 is 0 Å². The van der Waals surface area contributed by atoms with Crippen LogP contribution in [0.4, 0.5) is 0 Å². The van der Waals surface area contributed by atoms with Crippen LogP contribution in [0.2, 0.25) is 10.0 Å². The molecule has 1 aliphatic rings. The molecule has 0 spiro atoms. The molecule has 2 aromatic carbocycles. The van der Waals surface area contributed by atoms with Crippen LogP contribution in [0.1, 0.15) is 24.1 Å². The summed E-state index contributed by atoms with van der Waals surface area (Å²) in [4.78, 5) is 0. The van der Waals surface area contributed by atoms with Crippen molar-refractivity contribution in [2.24, 2.45) is 0 Å². The number of benzene rings is 2. The standard InChI is InChI=1S/C16H15Cl2NO2/c1-10(12-4-2-3-5-13(12)17)19-8-11-6-14(18)16-15(7-11)20-9-21-16/h2-7,10,19H,8-9H2,1H3/t10-/m1/s1. The molecule has 1 atom stereocenters. The van der Waals surface area contributed by atoms with Crippen LogP contribution in [0, 0.1) is 0 Å². The summed E-state index contributed by atoms with van der Waals surface area (Å²) in [6, 6.07) is 11.8. The van der Waals surface area contributed by atoms with E-state index in [0.717, 1.165) is 16.1 Å². The summed E-state index contributed by atoms with van der Waals surface area (Å²) in [5.41, 5.74) is 2.12. The Labute approximate surface area is 133 Å². The first-order valence-corrected chi connectivity index (χ1v) is 7.46. The molecule has 1 N–H and O–H groups in total. The fourth-order valence-electron chi connectivity index (χ4n) is 2.33. The second-order valence-electron chi connectivity index (χ2n) is 4.94. The van der Waals surface area contributed by atoms with Crippen LogP contribution < -0.4 is 14.8 Å². The normalized spacial score (nSPS) is 14.2. The fraction of sp³-hybridized carbons (Fsp3) is 0.250. The lowest BCUT2D eigenvalue weighted by Gasteiger charge is -2.16. The van der Waals surface area contributed by atoms with Gasteiger partial charge in [-0.25, -0.2) is 0 Å². The maximum Gasteiger partial charge on any atom is 0.231 e. The summed E-state index contributed by atoms with van der Waals surface area (Å²) in [7, 11) is 0. The first kappa shape index (κ1) is 14.5. The number of nitrogens with one attached hydrogen (secondary N) is 1. The summed E-state index contributed by atoms with van der Waals surface area (Å²) in [5.74, 6) is 1.32. The van der Waals surface area contributed by atoms with Gasteiger partial charge in [0.1, 0.15) is 0 Å². The predicted octanol–water partition coefficient (Wildman–Crippen LogP) is 4.57. The Balaban J connectivity index is 1.71. The van der Waals surface area contributed by atoms with Crippen molar-refractivity contribution in [2.75, 3.05) is 6.79 Å². The van der Waals surface area contributed by atoms with Crippen molar-refractivity contribution in [1.82, 2.24) is 5.32 Å². The van der Waals surface area contributed by atoms with Crippen LogP contribution in [0.3, 0.4) is 0 Å². The Hall–Kier alpha value is -1.42. The summed E-state index contributed by atoms with van der Waals surface area (Å²) in [5, 5.41) is 4.78. The van der Waals surface area contributed by atoms with Crippen molar-refractivity contribution in [3.05, 3.63) is 57.6 Å². The predicted molar refractivity (Wildman–Crippen MR) is 84.3 cm³/mol. The summed E-state index contributed by atoms with van der Waals surface area (Å²) < 4.78 is 10.7. The van der Waals surface area contributed by atoms with E-state index in [4.69, 9.17) is 32.7 Å². The van der Waals surface area contributed by atoms with Crippen molar-refractivity contribution >= 4 is 23.2 Å². The average molecular weight is 324 g/mol. The third kappa shape index (κ3) is 3.10. The Morgan fingerprint density at radius 3 is 2.76 bits per heavy atom. The Kier molecular flexibility index (Phi) is 4.24. The first-order valence-electron chi connectivity index (χ1n) is 6.71. The minimum Gasteiger partial charge on any atom is -0.454 e. The molecule has 110 valence electrons. The van der Waals surface area contributed by atoms with Gasteiger partial charge in [-0.1, -0.05) is 41.4 Å². The molecule has 0 aromatic heterocycles. The van der Waals surface area contributed by atoms with Crippen molar-refractivity contribution in [2.45, 2.75) is 19.5 Å². The van der Waals surface area contributed by atoms with Crippen LogP contribution in [0.5, 0.6) is 11.5 Å². The van der Waals surface area contributed by atoms with Crippen molar-refractivity contribution < 1.29 is 9.47 Å². The molecule has 0 saturated heterocycles. The molecule has 0 bridgehead atoms. The maximum absolute atomic E-state index is 6.21. The molecule has 5 heteroatoms. The molecule has 0 fully saturated rings. The Morgan fingerprint density at radius 2 is 1.95 bits per heavy atom. The van der Waals surface area contributed by atoms with Gasteiger partial charge in [0, 0.05) is 17.6 Å². The molecular formula is C16H15Cl2NO2. The number of halogens is 2. The van der Waals surface area contributed by atoms with Crippen LogP contribution >= 0.6 is 23.2 Å². The van der Waals surface area contributed by atoms with E-state index in [1.165, 1.54) is 0 Å². The molecule has 1 heterocycles. The molecule has 1 aliphatic heterocycles. The van der Waals surface area contributed by atoms with E-state index in [2.05, 4.69) is 12.2 Å². The number of hydrogen-bond acceptors (Lipinski definition) is 3. The van der Waals surface area contributed by atoms with E-state index in [-0.39, 0.29) is 12.8 Å². The topological polar surface area (TPSA) is 30.5 Å². The molecular weight excluding hydrogens is 309 g/mol. The molecule has 3 nitrogen and oxygen atoms in total. The highest BCUT2D eigenvalue weighted by Crippen LogP contribution is 2.39. The highest BCUT2D eigenvalue weighted by molar-refractivity contribution is 6.32. The largest absolute Gasteiger partial charge is 0.454 e. The van der Waals surface area contributed by atoms with Crippen molar-refractivity contribution in [3.8, 4) is 11.5 Å². The van der Waals surface area contributed by atoms with Crippen LogP contribution in [-0.2, 0) is 6.54 Å². The molecule has 0 saturated carbocycles. The lowest BCUT2D eigenvalue weighted by atomic mass is 10.1. The summed E-state index contributed by atoms with van der Waals surface area (Å²) >= 11 is 12.4. The van der Waals surface area contributed by atoms with Gasteiger partial charge in [0.2, 0.25) is 6.79 Å². The van der Waals surface area contributed by atoms with Gasteiger partial charge in [-0.3, -0.25) is 0 Å². The number of fused-ring (bicyclic) bond motifs is 1. The van der Waals surface area contributed by atoms with Gasteiger partial charge in [-0.15, -0.1) is 0 Å². The monoisotopic (exact) mass is 323 g/mol. The van der Waals surface area contributed by atoms with Gasteiger partial charge in [-0.05, 0) is 36.2 Å². The molecule has 0 unspecified atom stereocenters. The number of rotatable bonds is 4. The van der Waals surface area contributed by atoms with E-state index >= 15 is 0 Å². The van der Waals surface area contributed by atoms with Gasteiger partial charge in [0.25, 0.3) is 0 Å². The smallest absolute Gasteiger partial charge is 0.231 e. The zero-order chi connectivity index (χ0) is 14.8. The van der Waals surface area contributed by atoms with Crippen LogP contribution in [-0.4, -0.2) is 6.79 Å². The van der Waals surface area contributed by atoms with E-state index in [0.29, 0.717) is 23.1 Å². The average Bonchev–Trinajstić information content (AvgIpc) is 2.94. The van der Waals surface area contributed by atoms with Gasteiger partial charge in [0.05, 0.1) is 5.02 Å². The second kappa shape index (κ2) is 6.14. The summed E-state index contributed by atoms with van der Waals surface area (Å²) in [6.07, 6.45) is 0. The van der Waals surface area contributed by atoms with E-state index in [1.807, 2.05) is 36.4 Å². The van der Waals surface area contributed by atoms with Crippen molar-refractivity contribution in [1.29, 1.82) is 0 Å². The summed E-state index contributed by atoms with van der Waals surface area (Å²) in [6.45, 7) is 2.97. The van der Waals surface area contributed by atoms with Gasteiger partial charge < -0.3 is 14.8 Å². The van der Waals surface area contributed by atoms with E-state index in [9.17, 15) is 0 Å². The first-order chi connectivity index (χ1) is 10.1. The number of hydrogen-bond donors (Lipinski definition) is 1. The zero-order valence-corrected chi connectivity index (χ0v) is 13.0. The molecule has 3 rings (SSSR count). The number of ether oxygens (including phenoxy) is 2. The van der Waals surface area contributed by atoms with E-state index in [1.54, 1.807) is 0 Å². The minimum atomic E-state index is 0.142. The highest BCUT2D eigenvalue weighted by atomic mass is 35.5. The Morgan fingerprint density at radius 1 is 1.14 bits per heavy atom. The third-order valence-electron chi connectivity index (χ3n) is 3.47. The molecule has 21 heavy (non-hydrogen) atoms. The lowest BCUT2D eigenvalue weighted by molar-refractivity contribution is 0.174. The zero-order valence-electron chi connectivity index (χ0n) is 11.5. The highest BCUT2D eigenvalue weighted by Gasteiger charge is 2.18. The molecule has 0 aliphatic carbocycles. The van der Waals surface area contributed by atoms with Crippen LogP contribution in [0.25, 0.3) is 0 Å². The van der Waals surface area contributed by atoms with E-state index < -0.39 is 0 Å². The third-order valence-corrected chi connectivity index (χ3v) is 4.10. The SMILES string of the molecule is C[C@@H](NCc1cc(Cl)c2c(c1)OCO2)c1ccccc1Cl. The second-order valence-corrected chi connectivity index (χ2v) is 5.75. The lowest BCUT2D eigenvalue weighted by Crippen LogP contribution is -2.18. The fourth-order valence-corrected chi connectivity index (χ4v) is 2.92. The van der Waals surface area contributed by atoms with Gasteiger partial charge in [0.15, 0.2) is 11.5 Å². The van der Waals surface area contributed by atoms with Gasteiger partial charge in [-0.2, -0.15) is 0 Å². The van der Waals surface area contributed by atoms with Crippen molar-refractivity contribution in [3.63, 3.8) is 0 Å². The minimum absolute atomic E-state index is 0.142. The Bertz CT molecular complexity index is 661. The maximum atomic E-state index is 6.21.